The smallest absolute Gasteiger partial charge is 0.210 e. The molecule has 9 heteroatoms. The predicted octanol–water partition coefficient (Wildman–Crippen LogP) is 5.81. The highest BCUT2D eigenvalue weighted by Crippen LogP contribution is 2.30. The lowest BCUT2D eigenvalue weighted by atomic mass is 10.2. The molecule has 0 aliphatic heterocycles. The van der Waals surface area contributed by atoms with Gasteiger partial charge < -0.3 is 14.6 Å². The van der Waals surface area contributed by atoms with Crippen molar-refractivity contribution in [2.24, 2.45) is 0 Å². The molecule has 2 heterocycles. The first-order valence-electron chi connectivity index (χ1n) is 9.80. The van der Waals surface area contributed by atoms with E-state index in [1.807, 2.05) is 44.2 Å². The molecule has 4 rings (SSSR count). The normalized spacial score (nSPS) is 10.9. The van der Waals surface area contributed by atoms with Gasteiger partial charge in [0.1, 0.15) is 11.6 Å². The van der Waals surface area contributed by atoms with E-state index in [1.54, 1.807) is 25.3 Å². The zero-order valence-corrected chi connectivity index (χ0v) is 19.4. The van der Waals surface area contributed by atoms with Crippen LogP contribution in [0, 0.1) is 19.7 Å². The van der Waals surface area contributed by atoms with Gasteiger partial charge in [-0.3, -0.25) is 4.79 Å². The van der Waals surface area contributed by atoms with E-state index in [0.29, 0.717) is 20.7 Å². The monoisotopic (exact) mass is 468 g/mol. The number of carbonyl (C=O) groups excluding carboxylic acids is 1. The van der Waals surface area contributed by atoms with Crippen LogP contribution in [0.2, 0.25) is 0 Å². The molecule has 2 aromatic carbocycles. The maximum atomic E-state index is 13.8. The zero-order valence-electron chi connectivity index (χ0n) is 17.8. The number of methoxy groups -OCH3 is 1. The third kappa shape index (κ3) is 4.68. The van der Waals surface area contributed by atoms with E-state index >= 15 is 0 Å². The number of benzene rings is 2. The number of aromatic nitrogens is 3. The molecular weight excluding hydrogens is 447 g/mol. The first-order valence-corrected chi connectivity index (χ1v) is 11.6. The van der Waals surface area contributed by atoms with Crippen molar-refractivity contribution in [3.63, 3.8) is 0 Å². The molecule has 1 N–H and O–H groups in total. The lowest BCUT2D eigenvalue weighted by Crippen LogP contribution is -2.05. The summed E-state index contributed by atoms with van der Waals surface area (Å²) in [6.07, 6.45) is 0. The molecule has 0 fully saturated rings. The second kappa shape index (κ2) is 9.54. The molecule has 2 aromatic heterocycles. The SMILES string of the molecule is COc1ccc(-n2c(C)cc(C(=O)CSc3nnc(Nc4ccccc4F)s3)c2C)cc1. The largest absolute Gasteiger partial charge is 0.497 e. The Morgan fingerprint density at radius 2 is 1.91 bits per heavy atom. The summed E-state index contributed by atoms with van der Waals surface area (Å²) < 4.78 is 21.7. The van der Waals surface area contributed by atoms with Crippen LogP contribution in [0.4, 0.5) is 15.2 Å². The molecule has 164 valence electrons. The summed E-state index contributed by atoms with van der Waals surface area (Å²) >= 11 is 2.60. The number of hydrogen-bond acceptors (Lipinski definition) is 7. The van der Waals surface area contributed by atoms with Crippen LogP contribution in [0.5, 0.6) is 5.75 Å². The molecule has 0 atom stereocenters. The van der Waals surface area contributed by atoms with Gasteiger partial charge in [0.05, 0.1) is 18.6 Å². The summed E-state index contributed by atoms with van der Waals surface area (Å²) in [6.45, 7) is 3.92. The van der Waals surface area contributed by atoms with Crippen LogP contribution < -0.4 is 10.1 Å². The number of aryl methyl sites for hydroxylation is 1. The molecule has 6 nitrogen and oxygen atoms in total. The van der Waals surface area contributed by atoms with Crippen molar-refractivity contribution in [2.75, 3.05) is 18.2 Å². The van der Waals surface area contributed by atoms with E-state index in [0.717, 1.165) is 22.8 Å². The van der Waals surface area contributed by atoms with Gasteiger partial charge in [-0.05, 0) is 56.3 Å². The summed E-state index contributed by atoms with van der Waals surface area (Å²) in [4.78, 5) is 12.9. The van der Waals surface area contributed by atoms with E-state index in [9.17, 15) is 9.18 Å². The van der Waals surface area contributed by atoms with Gasteiger partial charge in [-0.15, -0.1) is 10.2 Å². The van der Waals surface area contributed by atoms with Crippen molar-refractivity contribution in [1.82, 2.24) is 14.8 Å². The first-order chi connectivity index (χ1) is 15.5. The Morgan fingerprint density at radius 3 is 2.62 bits per heavy atom. The lowest BCUT2D eigenvalue weighted by molar-refractivity contribution is 0.102. The minimum atomic E-state index is -0.362. The van der Waals surface area contributed by atoms with E-state index in [2.05, 4.69) is 20.1 Å². The number of Topliss-reactive ketones (excluding diaryl/α,β-unsaturated/α-hetero) is 1. The van der Waals surface area contributed by atoms with Crippen LogP contribution in [0.25, 0.3) is 5.69 Å². The van der Waals surface area contributed by atoms with Crippen molar-refractivity contribution < 1.29 is 13.9 Å². The number of ether oxygens (including phenoxy) is 1. The molecule has 0 aliphatic rings. The quantitative estimate of drug-likeness (QED) is 0.260. The van der Waals surface area contributed by atoms with Crippen LogP contribution in [-0.2, 0) is 0 Å². The highest BCUT2D eigenvalue weighted by Gasteiger charge is 2.18. The van der Waals surface area contributed by atoms with Crippen LogP contribution >= 0.6 is 23.1 Å². The standard InChI is InChI=1S/C23H21FN4O2S2/c1-14-12-18(15(2)28(14)16-8-10-17(30-3)11-9-16)21(29)13-31-23-27-26-22(32-23)25-20-7-5-4-6-19(20)24/h4-12H,13H2,1-3H3,(H,25,26). The minimum Gasteiger partial charge on any atom is -0.497 e. The van der Waals surface area contributed by atoms with Crippen LogP contribution in [-0.4, -0.2) is 33.4 Å². The second-order valence-electron chi connectivity index (χ2n) is 7.01. The Labute approximate surface area is 193 Å². The molecule has 0 radical (unpaired) electrons. The van der Waals surface area contributed by atoms with Crippen LogP contribution in [0.15, 0.2) is 58.9 Å². The number of para-hydroxylation sites is 1. The molecule has 0 saturated carbocycles. The van der Waals surface area contributed by atoms with E-state index in [1.165, 1.54) is 29.2 Å². The van der Waals surface area contributed by atoms with Gasteiger partial charge in [0, 0.05) is 22.6 Å². The summed E-state index contributed by atoms with van der Waals surface area (Å²) in [5.74, 6) is 0.673. The number of thioether (sulfide) groups is 1. The number of ketones is 1. The van der Waals surface area contributed by atoms with Gasteiger partial charge in [-0.25, -0.2) is 4.39 Å². The molecule has 0 unspecified atom stereocenters. The summed E-state index contributed by atoms with van der Waals surface area (Å²) in [5.41, 5.74) is 3.86. The van der Waals surface area contributed by atoms with Crippen molar-refractivity contribution in [3.8, 4) is 11.4 Å². The first kappa shape index (κ1) is 22.0. The van der Waals surface area contributed by atoms with Gasteiger partial charge in [0.15, 0.2) is 10.1 Å². The summed E-state index contributed by atoms with van der Waals surface area (Å²) in [7, 11) is 1.63. The third-order valence-corrected chi connectivity index (χ3v) is 6.88. The molecule has 0 spiro atoms. The van der Waals surface area contributed by atoms with Gasteiger partial charge >= 0.3 is 0 Å². The van der Waals surface area contributed by atoms with Crippen molar-refractivity contribution >= 4 is 39.7 Å². The third-order valence-electron chi connectivity index (χ3n) is 4.91. The molecule has 0 amide bonds. The Kier molecular flexibility index (Phi) is 6.57. The molecule has 0 bridgehead atoms. The summed E-state index contributed by atoms with van der Waals surface area (Å²) in [5, 5.41) is 11.5. The zero-order chi connectivity index (χ0) is 22.7. The Morgan fingerprint density at radius 1 is 1.16 bits per heavy atom. The molecule has 4 aromatic rings. The number of anilines is 2. The number of halogens is 1. The highest BCUT2D eigenvalue weighted by molar-refractivity contribution is 8.01. The fourth-order valence-electron chi connectivity index (χ4n) is 3.38. The van der Waals surface area contributed by atoms with Gasteiger partial charge in [-0.1, -0.05) is 35.2 Å². The maximum absolute atomic E-state index is 13.8. The molecule has 0 saturated heterocycles. The number of nitrogens with zero attached hydrogens (tertiary/aromatic N) is 3. The fraction of sp³-hybridized carbons (Fsp3) is 0.174. The Bertz CT molecular complexity index is 1250. The topological polar surface area (TPSA) is 69.0 Å². The van der Waals surface area contributed by atoms with E-state index < -0.39 is 0 Å². The minimum absolute atomic E-state index is 0.0154. The summed E-state index contributed by atoms with van der Waals surface area (Å²) in [6, 6.07) is 16.0. The Hall–Kier alpha value is -3.17. The van der Waals surface area contributed by atoms with Crippen LogP contribution in [0.3, 0.4) is 0 Å². The average Bonchev–Trinajstić information content (AvgIpc) is 3.37. The van der Waals surface area contributed by atoms with Crippen molar-refractivity contribution in [2.45, 2.75) is 18.2 Å². The predicted molar refractivity (Wildman–Crippen MR) is 126 cm³/mol. The van der Waals surface area contributed by atoms with Gasteiger partial charge in [0.25, 0.3) is 0 Å². The Balaban J connectivity index is 1.44. The lowest BCUT2D eigenvalue weighted by Gasteiger charge is -2.10. The van der Waals surface area contributed by atoms with Gasteiger partial charge in [0.2, 0.25) is 5.13 Å². The number of nitrogens with one attached hydrogen (secondary N) is 1. The second-order valence-corrected chi connectivity index (χ2v) is 9.21. The highest BCUT2D eigenvalue weighted by atomic mass is 32.2. The maximum Gasteiger partial charge on any atom is 0.210 e. The number of carbonyl (C=O) groups is 1. The molecular formula is C23H21FN4O2S2. The van der Waals surface area contributed by atoms with Crippen molar-refractivity contribution in [3.05, 3.63) is 77.4 Å². The van der Waals surface area contributed by atoms with E-state index in [-0.39, 0.29) is 17.4 Å². The van der Waals surface area contributed by atoms with E-state index in [4.69, 9.17) is 4.74 Å². The molecule has 0 aliphatic carbocycles. The van der Waals surface area contributed by atoms with Gasteiger partial charge in [-0.2, -0.15) is 0 Å². The fourth-order valence-corrected chi connectivity index (χ4v) is 5.02. The number of rotatable bonds is 8. The van der Waals surface area contributed by atoms with Crippen molar-refractivity contribution in [1.29, 1.82) is 0 Å². The average molecular weight is 469 g/mol. The molecule has 32 heavy (non-hydrogen) atoms. The number of hydrogen-bond donors (Lipinski definition) is 1. The van der Waals surface area contributed by atoms with Crippen LogP contribution in [0.1, 0.15) is 21.7 Å².